The molecule has 0 aromatic carbocycles. The van der Waals surface area contributed by atoms with Crippen LogP contribution in [-0.2, 0) is 14.3 Å². The van der Waals surface area contributed by atoms with E-state index in [0.717, 1.165) is 12.8 Å². The van der Waals surface area contributed by atoms with E-state index in [1.165, 1.54) is 6.26 Å². The van der Waals surface area contributed by atoms with Gasteiger partial charge >= 0.3 is 0 Å². The summed E-state index contributed by atoms with van der Waals surface area (Å²) in [7, 11) is 0. The number of ketones is 1. The molecule has 0 fully saturated rings. The van der Waals surface area contributed by atoms with Gasteiger partial charge < -0.3 is 14.6 Å². The van der Waals surface area contributed by atoms with Crippen LogP contribution in [0.15, 0.2) is 24.7 Å². The Kier molecular flexibility index (Phi) is 3.62. The van der Waals surface area contributed by atoms with Crippen molar-refractivity contribution < 1.29 is 19.4 Å². The van der Waals surface area contributed by atoms with E-state index < -0.39 is 18.3 Å². The van der Waals surface area contributed by atoms with Gasteiger partial charge in [-0.25, -0.2) is 0 Å². The first-order valence-corrected chi connectivity index (χ1v) is 5.62. The summed E-state index contributed by atoms with van der Waals surface area (Å²) in [4.78, 5) is 11.9. The molecule has 0 amide bonds. The normalized spacial score (nSPS) is 30.3. The molecular formula is C12H16O4. The maximum Gasteiger partial charge on any atom is 0.205 e. The molecule has 0 saturated heterocycles. The standard InChI is InChI=1S/C12H16O4/c13-11(9-5-1-3-7-15-9)12(14)10-6-2-4-8-16-10/h3-4,7-11,13H,1-2,5-6H2. The van der Waals surface area contributed by atoms with Crippen LogP contribution in [-0.4, -0.2) is 29.2 Å². The van der Waals surface area contributed by atoms with Gasteiger partial charge in [-0.1, -0.05) is 0 Å². The quantitative estimate of drug-likeness (QED) is 0.785. The van der Waals surface area contributed by atoms with Crippen molar-refractivity contribution in [2.45, 2.75) is 44.0 Å². The summed E-state index contributed by atoms with van der Waals surface area (Å²) >= 11 is 0. The Bertz CT molecular complexity index is 308. The molecule has 0 saturated carbocycles. The average Bonchev–Trinajstić information content (AvgIpc) is 2.39. The van der Waals surface area contributed by atoms with E-state index in [2.05, 4.69) is 0 Å². The minimum Gasteiger partial charge on any atom is -0.495 e. The van der Waals surface area contributed by atoms with E-state index in [1.54, 1.807) is 6.26 Å². The van der Waals surface area contributed by atoms with Crippen LogP contribution in [0.1, 0.15) is 25.7 Å². The highest BCUT2D eigenvalue weighted by Gasteiger charge is 2.33. The van der Waals surface area contributed by atoms with Gasteiger partial charge in [0.05, 0.1) is 12.5 Å². The topological polar surface area (TPSA) is 55.8 Å². The number of rotatable bonds is 3. The van der Waals surface area contributed by atoms with Crippen molar-refractivity contribution in [1.29, 1.82) is 0 Å². The van der Waals surface area contributed by atoms with E-state index in [4.69, 9.17) is 9.47 Å². The van der Waals surface area contributed by atoms with E-state index in [-0.39, 0.29) is 5.78 Å². The molecular weight excluding hydrogens is 208 g/mol. The number of aliphatic hydroxyl groups excluding tert-OH is 1. The SMILES string of the molecule is O=C(C1CCC=CO1)C(O)C1CCC=CO1. The first kappa shape index (κ1) is 11.2. The number of allylic oxidation sites excluding steroid dienone is 2. The summed E-state index contributed by atoms with van der Waals surface area (Å²) < 4.78 is 10.4. The second-order valence-corrected chi connectivity index (χ2v) is 4.04. The molecule has 0 spiro atoms. The van der Waals surface area contributed by atoms with Gasteiger partial charge in [0.2, 0.25) is 5.78 Å². The van der Waals surface area contributed by atoms with Crippen LogP contribution in [0.5, 0.6) is 0 Å². The van der Waals surface area contributed by atoms with Gasteiger partial charge in [-0.2, -0.15) is 0 Å². The number of ether oxygens (including phenoxy) is 2. The summed E-state index contributed by atoms with van der Waals surface area (Å²) in [5.41, 5.74) is 0. The third kappa shape index (κ3) is 2.44. The van der Waals surface area contributed by atoms with Crippen LogP contribution in [0.3, 0.4) is 0 Å². The summed E-state index contributed by atoms with van der Waals surface area (Å²) in [5.74, 6) is -0.273. The van der Waals surface area contributed by atoms with E-state index in [0.29, 0.717) is 12.8 Å². The van der Waals surface area contributed by atoms with Crippen LogP contribution in [0, 0.1) is 0 Å². The number of carbonyl (C=O) groups excluding carboxylic acids is 1. The molecule has 2 aliphatic heterocycles. The number of Topliss-reactive ketones (excluding diaryl/α,β-unsaturated/α-hetero) is 1. The number of hydrogen-bond donors (Lipinski definition) is 1. The van der Waals surface area contributed by atoms with Crippen molar-refractivity contribution in [2.75, 3.05) is 0 Å². The van der Waals surface area contributed by atoms with Crippen LogP contribution >= 0.6 is 0 Å². The predicted octanol–water partition coefficient (Wildman–Crippen LogP) is 1.30. The molecule has 4 heteroatoms. The zero-order valence-electron chi connectivity index (χ0n) is 9.04. The first-order valence-electron chi connectivity index (χ1n) is 5.62. The van der Waals surface area contributed by atoms with Crippen molar-refractivity contribution in [3.63, 3.8) is 0 Å². The second-order valence-electron chi connectivity index (χ2n) is 4.04. The Labute approximate surface area is 94.5 Å². The highest BCUT2D eigenvalue weighted by Crippen LogP contribution is 2.19. The van der Waals surface area contributed by atoms with E-state index >= 15 is 0 Å². The molecule has 2 heterocycles. The molecule has 0 radical (unpaired) electrons. The fourth-order valence-corrected chi connectivity index (χ4v) is 1.90. The number of aliphatic hydroxyl groups is 1. The van der Waals surface area contributed by atoms with Gasteiger partial charge in [0.1, 0.15) is 6.10 Å². The fourth-order valence-electron chi connectivity index (χ4n) is 1.90. The van der Waals surface area contributed by atoms with E-state index in [1.807, 2.05) is 12.2 Å². The first-order chi connectivity index (χ1) is 7.79. The molecule has 16 heavy (non-hydrogen) atoms. The summed E-state index contributed by atoms with van der Waals surface area (Å²) in [6.45, 7) is 0. The van der Waals surface area contributed by atoms with Crippen molar-refractivity contribution in [2.24, 2.45) is 0 Å². The predicted molar refractivity (Wildman–Crippen MR) is 57.5 cm³/mol. The van der Waals surface area contributed by atoms with Gasteiger partial charge in [-0.15, -0.1) is 0 Å². The van der Waals surface area contributed by atoms with Crippen LogP contribution in [0.25, 0.3) is 0 Å². The minimum atomic E-state index is -1.08. The van der Waals surface area contributed by atoms with Gasteiger partial charge in [0.15, 0.2) is 12.2 Å². The largest absolute Gasteiger partial charge is 0.495 e. The lowest BCUT2D eigenvalue weighted by Crippen LogP contribution is -2.42. The van der Waals surface area contributed by atoms with Crippen LogP contribution < -0.4 is 0 Å². The minimum absolute atomic E-state index is 0.273. The Morgan fingerprint density at radius 2 is 1.88 bits per heavy atom. The third-order valence-corrected chi connectivity index (χ3v) is 2.86. The molecule has 1 N–H and O–H groups in total. The highest BCUT2D eigenvalue weighted by molar-refractivity contribution is 5.87. The molecule has 88 valence electrons. The van der Waals surface area contributed by atoms with Crippen molar-refractivity contribution in [3.8, 4) is 0 Å². The summed E-state index contributed by atoms with van der Waals surface area (Å²) in [6, 6.07) is 0. The molecule has 2 rings (SSSR count). The smallest absolute Gasteiger partial charge is 0.205 e. The maximum absolute atomic E-state index is 11.9. The molecule has 4 nitrogen and oxygen atoms in total. The Morgan fingerprint density at radius 3 is 2.44 bits per heavy atom. The lowest BCUT2D eigenvalue weighted by Gasteiger charge is -2.27. The van der Waals surface area contributed by atoms with Gasteiger partial charge in [0.25, 0.3) is 0 Å². The van der Waals surface area contributed by atoms with Gasteiger partial charge in [0, 0.05) is 0 Å². The third-order valence-electron chi connectivity index (χ3n) is 2.86. The Balaban J connectivity index is 1.92. The lowest BCUT2D eigenvalue weighted by atomic mass is 9.97. The van der Waals surface area contributed by atoms with Crippen molar-refractivity contribution >= 4 is 5.78 Å². The fraction of sp³-hybridized carbons (Fsp3) is 0.583. The average molecular weight is 224 g/mol. The monoisotopic (exact) mass is 224 g/mol. The molecule has 0 bridgehead atoms. The van der Waals surface area contributed by atoms with E-state index in [9.17, 15) is 9.90 Å². The highest BCUT2D eigenvalue weighted by atomic mass is 16.5. The van der Waals surface area contributed by atoms with Crippen LogP contribution in [0.4, 0.5) is 0 Å². The van der Waals surface area contributed by atoms with Crippen molar-refractivity contribution in [1.82, 2.24) is 0 Å². The zero-order valence-corrected chi connectivity index (χ0v) is 9.04. The zero-order chi connectivity index (χ0) is 11.4. The molecule has 2 aliphatic rings. The second kappa shape index (κ2) is 5.16. The molecule has 3 unspecified atom stereocenters. The Hall–Kier alpha value is -1.29. The summed E-state index contributed by atoms with van der Waals surface area (Å²) in [5, 5.41) is 9.88. The summed E-state index contributed by atoms with van der Waals surface area (Å²) in [6.07, 6.45) is 7.76. The van der Waals surface area contributed by atoms with Crippen molar-refractivity contribution in [3.05, 3.63) is 24.7 Å². The molecule has 0 aromatic heterocycles. The Morgan fingerprint density at radius 1 is 1.19 bits per heavy atom. The maximum atomic E-state index is 11.9. The lowest BCUT2D eigenvalue weighted by molar-refractivity contribution is -0.143. The van der Waals surface area contributed by atoms with Gasteiger partial charge in [-0.3, -0.25) is 4.79 Å². The van der Waals surface area contributed by atoms with Gasteiger partial charge in [-0.05, 0) is 37.8 Å². The number of hydrogen-bond acceptors (Lipinski definition) is 4. The molecule has 0 aliphatic carbocycles. The molecule has 0 aromatic rings. The number of carbonyl (C=O) groups is 1. The van der Waals surface area contributed by atoms with Crippen LogP contribution in [0.2, 0.25) is 0 Å². The molecule has 3 atom stereocenters.